The van der Waals surface area contributed by atoms with Crippen molar-refractivity contribution in [3.8, 4) is 5.75 Å². The van der Waals surface area contributed by atoms with Crippen molar-refractivity contribution in [2.24, 2.45) is 12.5 Å². The molecule has 1 aliphatic rings. The van der Waals surface area contributed by atoms with Crippen LogP contribution in [0.2, 0.25) is 0 Å². The average molecular weight is 546 g/mol. The number of hydrogen-bond acceptors (Lipinski definition) is 6. The first-order chi connectivity index (χ1) is 19.0. The van der Waals surface area contributed by atoms with Crippen LogP contribution in [0.1, 0.15) is 66.5 Å². The molecule has 2 aromatic carbocycles. The van der Waals surface area contributed by atoms with Gasteiger partial charge in [-0.2, -0.15) is 0 Å². The zero-order valence-corrected chi connectivity index (χ0v) is 23.9. The highest BCUT2D eigenvalue weighted by Crippen LogP contribution is 2.44. The van der Waals surface area contributed by atoms with Crippen LogP contribution in [0.25, 0.3) is 11.0 Å². The minimum absolute atomic E-state index is 0.151. The smallest absolute Gasteiger partial charge is 0.310 e. The first-order valence-electron chi connectivity index (χ1n) is 13.6. The van der Waals surface area contributed by atoms with Crippen molar-refractivity contribution in [3.05, 3.63) is 81.9 Å². The molecule has 0 spiro atoms. The maximum atomic E-state index is 14.5. The number of aryl methyl sites for hydroxylation is 3. The van der Waals surface area contributed by atoms with Gasteiger partial charge in [-0.25, -0.2) is 9.07 Å². The quantitative estimate of drug-likeness (QED) is 0.326. The maximum Gasteiger partial charge on any atom is 0.310 e. The van der Waals surface area contributed by atoms with Crippen LogP contribution in [0.3, 0.4) is 0 Å². The van der Waals surface area contributed by atoms with E-state index in [1.165, 1.54) is 6.20 Å². The second kappa shape index (κ2) is 10.6. The maximum absolute atomic E-state index is 14.5. The third-order valence-corrected chi connectivity index (χ3v) is 8.29. The molecule has 0 radical (unpaired) electrons. The number of rotatable bonds is 7. The molecule has 0 saturated heterocycles. The molecule has 8 nitrogen and oxygen atoms in total. The SMILES string of the molecule is CC[C@@H]1CN(Cc2cc(C(c3ccc4c(nnn4C)c3C)C(C)(C)C(=O)O)ccc2C)Cc2cncc(F)c2O1. The van der Waals surface area contributed by atoms with Gasteiger partial charge in [0.15, 0.2) is 11.6 Å². The Morgan fingerprint density at radius 1 is 1.23 bits per heavy atom. The number of nitrogens with zero attached hydrogens (tertiary/aromatic N) is 5. The number of aromatic nitrogens is 4. The number of pyridine rings is 1. The molecular formula is C31H36FN5O3. The predicted octanol–water partition coefficient (Wildman–Crippen LogP) is 5.54. The number of hydrogen-bond donors (Lipinski definition) is 1. The van der Waals surface area contributed by atoms with Gasteiger partial charge >= 0.3 is 5.97 Å². The molecule has 0 bridgehead atoms. The first kappa shape index (κ1) is 27.7. The fourth-order valence-electron chi connectivity index (χ4n) is 5.79. The zero-order chi connectivity index (χ0) is 28.8. The van der Waals surface area contributed by atoms with Gasteiger partial charge in [0, 0.05) is 44.4 Å². The van der Waals surface area contributed by atoms with Gasteiger partial charge in [0.1, 0.15) is 11.6 Å². The summed E-state index contributed by atoms with van der Waals surface area (Å²) >= 11 is 0. The highest BCUT2D eigenvalue weighted by molar-refractivity contribution is 5.81. The normalized spacial score (nSPS) is 16.8. The third kappa shape index (κ3) is 4.94. The molecule has 4 aromatic rings. The Balaban J connectivity index is 1.56. The number of aliphatic carboxylic acids is 1. The third-order valence-electron chi connectivity index (χ3n) is 8.29. The standard InChI is InChI=1S/C31H36FN5O3/c1-7-23-17-37(16-22-13-33-14-25(32)29(22)40-23)15-21-12-20(9-8-18(21)2)27(31(4,5)30(38)39)24-10-11-26-28(19(24)3)34-35-36(26)6/h8-14,23,27H,7,15-17H2,1-6H3,(H,38,39)/t23-,27?/m1/s1. The average Bonchev–Trinajstić information content (AvgIpc) is 3.18. The number of halogens is 1. The fraction of sp³-hybridized carbons (Fsp3) is 0.419. The summed E-state index contributed by atoms with van der Waals surface area (Å²) in [5.74, 6) is -1.45. The largest absolute Gasteiger partial charge is 0.486 e. The van der Waals surface area contributed by atoms with Gasteiger partial charge in [-0.3, -0.25) is 14.7 Å². The number of carboxylic acid groups (broad SMARTS) is 1. The molecule has 1 unspecified atom stereocenters. The van der Waals surface area contributed by atoms with Gasteiger partial charge in [-0.15, -0.1) is 5.10 Å². The van der Waals surface area contributed by atoms with Crippen molar-refractivity contribution in [3.63, 3.8) is 0 Å². The molecule has 2 aromatic heterocycles. The molecule has 0 fully saturated rings. The van der Waals surface area contributed by atoms with Crippen molar-refractivity contribution in [2.75, 3.05) is 6.54 Å². The molecule has 0 aliphatic carbocycles. The minimum atomic E-state index is -1.10. The molecular weight excluding hydrogens is 509 g/mol. The van der Waals surface area contributed by atoms with E-state index < -0.39 is 23.1 Å². The van der Waals surface area contributed by atoms with Gasteiger partial charge in [-0.05, 0) is 68.0 Å². The van der Waals surface area contributed by atoms with Gasteiger partial charge < -0.3 is 9.84 Å². The topological polar surface area (TPSA) is 93.4 Å². The van der Waals surface area contributed by atoms with E-state index in [2.05, 4.69) is 39.3 Å². The summed E-state index contributed by atoms with van der Waals surface area (Å²) in [6.07, 6.45) is 3.46. The van der Waals surface area contributed by atoms with Crippen LogP contribution in [0, 0.1) is 25.1 Å². The summed E-state index contributed by atoms with van der Waals surface area (Å²) in [6.45, 7) is 11.4. The number of carboxylic acids is 1. The lowest BCUT2D eigenvalue weighted by molar-refractivity contribution is -0.147. The minimum Gasteiger partial charge on any atom is -0.486 e. The number of fused-ring (bicyclic) bond motifs is 2. The first-order valence-corrected chi connectivity index (χ1v) is 13.6. The summed E-state index contributed by atoms with van der Waals surface area (Å²) in [5.41, 5.74) is 6.25. The van der Waals surface area contributed by atoms with Crippen LogP contribution < -0.4 is 4.74 Å². The molecule has 1 N–H and O–H groups in total. The lowest BCUT2D eigenvalue weighted by Crippen LogP contribution is -2.33. The number of carbonyl (C=O) groups is 1. The van der Waals surface area contributed by atoms with Crippen molar-refractivity contribution in [1.29, 1.82) is 0 Å². The Labute approximate surface area is 233 Å². The van der Waals surface area contributed by atoms with E-state index in [9.17, 15) is 14.3 Å². The fourth-order valence-corrected chi connectivity index (χ4v) is 5.79. The van der Waals surface area contributed by atoms with Gasteiger partial charge in [0.25, 0.3) is 0 Å². The van der Waals surface area contributed by atoms with Crippen LogP contribution in [0.4, 0.5) is 4.39 Å². The molecule has 9 heteroatoms. The molecule has 1 aliphatic heterocycles. The van der Waals surface area contributed by atoms with Crippen LogP contribution in [-0.4, -0.2) is 48.6 Å². The van der Waals surface area contributed by atoms with Crippen LogP contribution >= 0.6 is 0 Å². The molecule has 0 saturated carbocycles. The summed E-state index contributed by atoms with van der Waals surface area (Å²) in [4.78, 5) is 18.9. The second-order valence-electron chi connectivity index (χ2n) is 11.4. The van der Waals surface area contributed by atoms with Crippen molar-refractivity contribution >= 4 is 17.0 Å². The van der Waals surface area contributed by atoms with Crippen LogP contribution in [0.15, 0.2) is 42.7 Å². The Morgan fingerprint density at radius 3 is 2.73 bits per heavy atom. The summed E-state index contributed by atoms with van der Waals surface area (Å²) < 4.78 is 22.3. The van der Waals surface area contributed by atoms with Crippen molar-refractivity contribution in [1.82, 2.24) is 24.9 Å². The van der Waals surface area contributed by atoms with E-state index >= 15 is 0 Å². The van der Waals surface area contributed by atoms with Crippen LogP contribution in [-0.2, 0) is 24.9 Å². The lowest BCUT2D eigenvalue weighted by Gasteiger charge is -2.33. The Morgan fingerprint density at radius 2 is 2.00 bits per heavy atom. The molecule has 0 amide bonds. The Bertz CT molecular complexity index is 1580. The van der Waals surface area contributed by atoms with E-state index in [1.54, 1.807) is 24.7 Å². The predicted molar refractivity (Wildman–Crippen MR) is 151 cm³/mol. The van der Waals surface area contributed by atoms with E-state index in [0.29, 0.717) is 19.6 Å². The highest BCUT2D eigenvalue weighted by Gasteiger charge is 2.40. The van der Waals surface area contributed by atoms with Crippen molar-refractivity contribution in [2.45, 2.75) is 66.2 Å². The van der Waals surface area contributed by atoms with Gasteiger partial charge in [0.2, 0.25) is 0 Å². The number of ether oxygens (including phenoxy) is 1. The van der Waals surface area contributed by atoms with E-state index in [1.807, 2.05) is 39.1 Å². The summed E-state index contributed by atoms with van der Waals surface area (Å²) in [6, 6.07) is 10.2. The lowest BCUT2D eigenvalue weighted by atomic mass is 9.69. The van der Waals surface area contributed by atoms with Crippen LogP contribution in [0.5, 0.6) is 5.75 Å². The Kier molecular flexibility index (Phi) is 7.35. The molecule has 210 valence electrons. The summed E-state index contributed by atoms with van der Waals surface area (Å²) in [5, 5.41) is 18.9. The van der Waals surface area contributed by atoms with E-state index in [-0.39, 0.29) is 11.9 Å². The molecule has 2 atom stereocenters. The second-order valence-corrected chi connectivity index (χ2v) is 11.4. The van der Waals surface area contributed by atoms with Crippen molar-refractivity contribution < 1.29 is 19.0 Å². The summed E-state index contributed by atoms with van der Waals surface area (Å²) in [7, 11) is 1.85. The monoisotopic (exact) mass is 545 g/mol. The van der Waals surface area contributed by atoms with Gasteiger partial charge in [-0.1, -0.05) is 36.4 Å². The van der Waals surface area contributed by atoms with E-state index in [4.69, 9.17) is 4.74 Å². The molecule has 3 heterocycles. The zero-order valence-electron chi connectivity index (χ0n) is 23.9. The molecule has 5 rings (SSSR count). The van der Waals surface area contributed by atoms with Gasteiger partial charge in [0.05, 0.1) is 17.1 Å². The highest BCUT2D eigenvalue weighted by atomic mass is 19.1. The van der Waals surface area contributed by atoms with E-state index in [0.717, 1.165) is 50.8 Å². The molecule has 40 heavy (non-hydrogen) atoms. The number of benzene rings is 2. The Hall–Kier alpha value is -3.85.